The molecule has 1 aromatic heterocycles. The van der Waals surface area contributed by atoms with Crippen LogP contribution in [0.3, 0.4) is 0 Å². The van der Waals surface area contributed by atoms with Crippen LogP contribution in [0.1, 0.15) is 47.2 Å². The minimum Gasteiger partial charge on any atom is -0.208 e. The first-order chi connectivity index (χ1) is 33.4. The van der Waals surface area contributed by atoms with Gasteiger partial charge in [-0.3, -0.25) is 0 Å². The normalized spacial score (nSPS) is 14.0. The molecule has 0 saturated carbocycles. The molecule has 0 aliphatic heterocycles. The first-order valence-electron chi connectivity index (χ1n) is 23.6. The van der Waals surface area contributed by atoms with Crippen molar-refractivity contribution in [2.45, 2.75) is 24.7 Å². The van der Waals surface area contributed by atoms with Gasteiger partial charge in [0.2, 0.25) is 0 Å². The number of aromatic nitrogens is 3. The highest BCUT2D eigenvalue weighted by atomic mass is 15.0. The predicted octanol–water partition coefficient (Wildman–Crippen LogP) is 16.0. The van der Waals surface area contributed by atoms with E-state index in [-0.39, 0.29) is 5.41 Å². The van der Waals surface area contributed by atoms with E-state index < -0.39 is 5.41 Å². The quantitative estimate of drug-likeness (QED) is 0.173. The van der Waals surface area contributed by atoms with Gasteiger partial charge >= 0.3 is 0 Å². The third kappa shape index (κ3) is 5.50. The van der Waals surface area contributed by atoms with E-state index in [9.17, 15) is 0 Å². The summed E-state index contributed by atoms with van der Waals surface area (Å²) in [5, 5.41) is 2.45. The maximum absolute atomic E-state index is 5.35. The lowest BCUT2D eigenvalue weighted by Crippen LogP contribution is -2.25. The molecular weight excluding hydrogens is 823 g/mol. The van der Waals surface area contributed by atoms with Gasteiger partial charge in [0, 0.05) is 22.1 Å². The lowest BCUT2D eigenvalue weighted by molar-refractivity contribution is 0.660. The molecule has 318 valence electrons. The van der Waals surface area contributed by atoms with Gasteiger partial charge in [0.1, 0.15) is 0 Å². The van der Waals surface area contributed by atoms with Gasteiger partial charge in [0.25, 0.3) is 0 Å². The summed E-state index contributed by atoms with van der Waals surface area (Å²) in [4.78, 5) is 15.9. The smallest absolute Gasteiger partial charge is 0.164 e. The molecule has 0 atom stereocenters. The summed E-state index contributed by atoms with van der Waals surface area (Å²) in [7, 11) is 0. The van der Waals surface area contributed by atoms with Gasteiger partial charge in [0.15, 0.2) is 17.5 Å². The fourth-order valence-electron chi connectivity index (χ4n) is 12.0. The molecule has 3 aliphatic rings. The fourth-order valence-corrected chi connectivity index (χ4v) is 12.0. The second kappa shape index (κ2) is 14.5. The highest BCUT2D eigenvalue weighted by Gasteiger charge is 2.51. The van der Waals surface area contributed by atoms with Crippen LogP contribution >= 0.6 is 0 Å². The van der Waals surface area contributed by atoms with E-state index in [2.05, 4.69) is 238 Å². The Labute approximate surface area is 396 Å². The average Bonchev–Trinajstić information content (AvgIpc) is 3.96. The highest BCUT2D eigenvalue weighted by Crippen LogP contribution is 2.63. The van der Waals surface area contributed by atoms with Crippen LogP contribution in [0.15, 0.2) is 224 Å². The van der Waals surface area contributed by atoms with Crippen LogP contribution in [0, 0.1) is 0 Å². The lowest BCUT2D eigenvalue weighted by atomic mass is 9.70. The number of hydrogen-bond donors (Lipinski definition) is 0. The van der Waals surface area contributed by atoms with Crippen molar-refractivity contribution in [2.24, 2.45) is 0 Å². The molecule has 14 rings (SSSR count). The summed E-state index contributed by atoms with van der Waals surface area (Å²) in [5.74, 6) is 1.91. The van der Waals surface area contributed by atoms with Crippen molar-refractivity contribution in [1.82, 2.24) is 15.0 Å². The van der Waals surface area contributed by atoms with Gasteiger partial charge in [0.05, 0.1) is 5.41 Å². The van der Waals surface area contributed by atoms with Gasteiger partial charge < -0.3 is 0 Å². The van der Waals surface area contributed by atoms with Crippen molar-refractivity contribution in [3.8, 4) is 89.8 Å². The van der Waals surface area contributed by atoms with Gasteiger partial charge in [-0.2, -0.15) is 0 Å². The maximum atomic E-state index is 5.35. The van der Waals surface area contributed by atoms with E-state index >= 15 is 0 Å². The summed E-state index contributed by atoms with van der Waals surface area (Å²) in [6.45, 7) is 4.67. The summed E-state index contributed by atoms with van der Waals surface area (Å²) in [6.07, 6.45) is 0. The minimum atomic E-state index is -0.476. The van der Waals surface area contributed by atoms with Gasteiger partial charge in [-0.15, -0.1) is 0 Å². The number of hydrogen-bond acceptors (Lipinski definition) is 3. The Morgan fingerprint density at radius 2 is 0.647 bits per heavy atom. The monoisotopic (exact) mass is 865 g/mol. The lowest BCUT2D eigenvalue weighted by Gasteiger charge is -2.30. The first kappa shape index (κ1) is 38.7. The molecule has 10 aromatic carbocycles. The molecule has 11 aromatic rings. The number of fused-ring (bicyclic) bond motifs is 14. The standard InChI is InChI=1S/C65H43N3/c1-64(2)55-22-9-5-17-49(55)53-36-34-45(38-59(53)64)40-26-30-43(31-27-40)61-66-62(44-32-28-42(29-33-44)48-21-13-15-41-14-3-4-16-47(41)48)68-63(67-61)46-35-37-54-52-20-8-12-25-58(52)65(60(54)39-46)56-23-10-6-18-50(56)51-19-7-11-24-57(51)65/h3-39H,1-2H3. The summed E-state index contributed by atoms with van der Waals surface area (Å²) >= 11 is 0. The topological polar surface area (TPSA) is 38.7 Å². The van der Waals surface area contributed by atoms with Crippen molar-refractivity contribution in [3.05, 3.63) is 258 Å². The van der Waals surface area contributed by atoms with Crippen LogP contribution in [-0.2, 0) is 10.8 Å². The number of rotatable bonds is 5. The van der Waals surface area contributed by atoms with Crippen LogP contribution < -0.4 is 0 Å². The van der Waals surface area contributed by atoms with E-state index in [4.69, 9.17) is 15.0 Å². The van der Waals surface area contributed by atoms with E-state index in [1.54, 1.807) is 0 Å². The molecule has 0 amide bonds. The van der Waals surface area contributed by atoms with Gasteiger partial charge in [-0.25, -0.2) is 15.0 Å². The molecule has 0 fully saturated rings. The second-order valence-corrected chi connectivity index (χ2v) is 19.1. The Hall–Kier alpha value is -8.53. The number of benzene rings is 10. The first-order valence-corrected chi connectivity index (χ1v) is 23.6. The third-order valence-electron chi connectivity index (χ3n) is 15.2. The molecule has 3 aliphatic carbocycles. The zero-order valence-corrected chi connectivity index (χ0v) is 37.7. The Balaban J connectivity index is 0.913. The SMILES string of the molecule is CC1(C)c2ccccc2-c2ccc(-c3ccc(-c4nc(-c5ccc(-c6cccc7ccccc67)cc5)nc(-c5ccc6c(c5)C5(c7ccccc7-c7ccccc75)c5ccccc5-6)n4)cc3)cc21. The molecule has 3 nitrogen and oxygen atoms in total. The Morgan fingerprint density at radius 3 is 1.25 bits per heavy atom. The van der Waals surface area contributed by atoms with Crippen molar-refractivity contribution in [1.29, 1.82) is 0 Å². The van der Waals surface area contributed by atoms with Gasteiger partial charge in [-0.05, 0) is 112 Å². The van der Waals surface area contributed by atoms with Crippen LogP contribution in [0.4, 0.5) is 0 Å². The summed E-state index contributed by atoms with van der Waals surface area (Å²) in [5.41, 5.74) is 22.6. The highest BCUT2D eigenvalue weighted by molar-refractivity contribution is 5.98. The van der Waals surface area contributed by atoms with E-state index in [1.165, 1.54) is 88.7 Å². The van der Waals surface area contributed by atoms with Gasteiger partial charge in [-0.1, -0.05) is 226 Å². The molecule has 0 saturated heterocycles. The zero-order valence-electron chi connectivity index (χ0n) is 37.7. The largest absolute Gasteiger partial charge is 0.208 e. The van der Waals surface area contributed by atoms with E-state index in [0.29, 0.717) is 17.5 Å². The molecule has 0 radical (unpaired) electrons. The average molecular weight is 866 g/mol. The van der Waals surface area contributed by atoms with Crippen LogP contribution in [0.2, 0.25) is 0 Å². The van der Waals surface area contributed by atoms with Crippen molar-refractivity contribution >= 4 is 10.8 Å². The minimum absolute atomic E-state index is 0.0723. The molecule has 0 bridgehead atoms. The molecule has 1 spiro atoms. The molecule has 0 N–H and O–H groups in total. The molecule has 68 heavy (non-hydrogen) atoms. The second-order valence-electron chi connectivity index (χ2n) is 19.1. The molecule has 3 heteroatoms. The van der Waals surface area contributed by atoms with E-state index in [1.807, 2.05) is 0 Å². The van der Waals surface area contributed by atoms with Crippen LogP contribution in [0.25, 0.3) is 101 Å². The van der Waals surface area contributed by atoms with Crippen molar-refractivity contribution < 1.29 is 0 Å². The van der Waals surface area contributed by atoms with Crippen LogP contribution in [-0.4, -0.2) is 15.0 Å². The maximum Gasteiger partial charge on any atom is 0.164 e. The Kier molecular flexibility index (Phi) is 8.25. The summed E-state index contributed by atoms with van der Waals surface area (Å²) in [6, 6.07) is 81.9. The number of nitrogens with zero attached hydrogens (tertiary/aromatic N) is 3. The Morgan fingerprint density at radius 1 is 0.265 bits per heavy atom. The van der Waals surface area contributed by atoms with Crippen molar-refractivity contribution in [2.75, 3.05) is 0 Å². The Bertz CT molecular complexity index is 3810. The van der Waals surface area contributed by atoms with Crippen LogP contribution in [0.5, 0.6) is 0 Å². The fraction of sp³-hybridized carbons (Fsp3) is 0.0615. The van der Waals surface area contributed by atoms with Crippen molar-refractivity contribution in [3.63, 3.8) is 0 Å². The predicted molar refractivity (Wildman–Crippen MR) is 278 cm³/mol. The molecular formula is C65H43N3. The summed E-state index contributed by atoms with van der Waals surface area (Å²) < 4.78 is 0. The third-order valence-corrected chi connectivity index (χ3v) is 15.2. The molecule has 0 unspecified atom stereocenters. The molecule has 1 heterocycles. The zero-order chi connectivity index (χ0) is 45.1. The van der Waals surface area contributed by atoms with E-state index in [0.717, 1.165) is 27.8 Å².